The average molecular weight is 316 g/mol. The van der Waals surface area contributed by atoms with E-state index in [4.69, 9.17) is 0 Å². The minimum Gasteiger partial charge on any atom is -0.333 e. The quantitative estimate of drug-likeness (QED) is 0.855. The number of thiophene rings is 1. The molecular weight excluding hydrogens is 296 g/mol. The molecule has 0 saturated carbocycles. The van der Waals surface area contributed by atoms with Crippen molar-refractivity contribution in [3.63, 3.8) is 0 Å². The molecule has 0 aromatic carbocycles. The topological polar surface area (TPSA) is 51.0 Å². The average Bonchev–Trinajstić information content (AvgIpc) is 3.14. The van der Waals surface area contributed by atoms with Crippen molar-refractivity contribution in [1.82, 2.24) is 19.7 Å². The first-order valence-corrected chi connectivity index (χ1v) is 8.65. The van der Waals surface area contributed by atoms with E-state index in [9.17, 15) is 4.79 Å². The Morgan fingerprint density at radius 1 is 1.45 bits per heavy atom. The van der Waals surface area contributed by atoms with Crippen LogP contribution >= 0.6 is 11.3 Å². The van der Waals surface area contributed by atoms with Crippen molar-refractivity contribution in [1.29, 1.82) is 0 Å². The molecule has 2 atom stereocenters. The number of nitrogens with zero attached hydrogens (tertiary/aromatic N) is 4. The fourth-order valence-corrected chi connectivity index (χ4v) is 4.86. The van der Waals surface area contributed by atoms with Crippen LogP contribution in [0.4, 0.5) is 0 Å². The summed E-state index contributed by atoms with van der Waals surface area (Å²) in [5.74, 6) is 1.35. The maximum absolute atomic E-state index is 13.0. The van der Waals surface area contributed by atoms with E-state index in [0.717, 1.165) is 31.8 Å². The van der Waals surface area contributed by atoms with Crippen molar-refractivity contribution in [3.05, 3.63) is 34.5 Å². The number of fused-ring (bicyclic) bond motifs is 1. The second-order valence-electron chi connectivity index (χ2n) is 7.01. The summed E-state index contributed by atoms with van der Waals surface area (Å²) in [6.45, 7) is 6.06. The zero-order valence-electron chi connectivity index (χ0n) is 12.9. The number of hydrogen-bond donors (Lipinski definition) is 0. The van der Waals surface area contributed by atoms with Crippen LogP contribution in [0.3, 0.4) is 0 Å². The van der Waals surface area contributed by atoms with Gasteiger partial charge in [-0.05, 0) is 17.9 Å². The number of carbonyl (C=O) groups is 1. The maximum Gasteiger partial charge on any atom is 0.228 e. The van der Waals surface area contributed by atoms with E-state index < -0.39 is 0 Å². The van der Waals surface area contributed by atoms with Crippen molar-refractivity contribution in [2.75, 3.05) is 6.54 Å². The van der Waals surface area contributed by atoms with Crippen LogP contribution in [0.2, 0.25) is 0 Å². The summed E-state index contributed by atoms with van der Waals surface area (Å²) in [7, 11) is 0. The molecule has 4 rings (SSSR count). The maximum atomic E-state index is 13.0. The van der Waals surface area contributed by atoms with Crippen molar-refractivity contribution in [2.45, 2.75) is 39.3 Å². The molecule has 5 nitrogen and oxygen atoms in total. The largest absolute Gasteiger partial charge is 0.333 e. The van der Waals surface area contributed by atoms with Gasteiger partial charge in [0.2, 0.25) is 5.91 Å². The van der Waals surface area contributed by atoms with Crippen LogP contribution in [0.25, 0.3) is 0 Å². The summed E-state index contributed by atoms with van der Waals surface area (Å²) < 4.78 is 2.02. The van der Waals surface area contributed by atoms with Crippen molar-refractivity contribution >= 4 is 17.2 Å². The Kier molecular flexibility index (Phi) is 3.11. The van der Waals surface area contributed by atoms with E-state index >= 15 is 0 Å². The smallest absolute Gasteiger partial charge is 0.228 e. The highest BCUT2D eigenvalue weighted by atomic mass is 32.1. The molecule has 0 bridgehead atoms. The van der Waals surface area contributed by atoms with Gasteiger partial charge in [-0.25, -0.2) is 0 Å². The van der Waals surface area contributed by atoms with Crippen LogP contribution in [-0.4, -0.2) is 32.1 Å². The molecule has 2 unspecified atom stereocenters. The lowest BCUT2D eigenvalue weighted by atomic mass is 9.73. The van der Waals surface area contributed by atoms with Gasteiger partial charge in [-0.15, -0.1) is 21.5 Å². The van der Waals surface area contributed by atoms with E-state index in [2.05, 4.69) is 46.5 Å². The Morgan fingerprint density at radius 2 is 2.32 bits per heavy atom. The van der Waals surface area contributed by atoms with Crippen molar-refractivity contribution in [3.8, 4) is 0 Å². The van der Waals surface area contributed by atoms with E-state index in [1.165, 1.54) is 4.88 Å². The Labute approximate surface area is 134 Å². The van der Waals surface area contributed by atoms with Gasteiger partial charge in [0.1, 0.15) is 12.2 Å². The van der Waals surface area contributed by atoms with E-state index in [1.807, 2.05) is 4.57 Å². The second-order valence-corrected chi connectivity index (χ2v) is 7.99. The van der Waals surface area contributed by atoms with Gasteiger partial charge in [0.05, 0.1) is 12.0 Å². The van der Waals surface area contributed by atoms with Gasteiger partial charge in [-0.2, -0.15) is 0 Å². The number of aromatic nitrogens is 3. The van der Waals surface area contributed by atoms with E-state index in [0.29, 0.717) is 0 Å². The van der Waals surface area contributed by atoms with Crippen LogP contribution in [0.15, 0.2) is 23.8 Å². The molecule has 2 aliphatic rings. The highest BCUT2D eigenvalue weighted by Gasteiger charge is 2.50. The van der Waals surface area contributed by atoms with Crippen LogP contribution < -0.4 is 0 Å². The van der Waals surface area contributed by atoms with Crippen LogP contribution in [0.5, 0.6) is 0 Å². The van der Waals surface area contributed by atoms with Gasteiger partial charge in [0, 0.05) is 29.8 Å². The Morgan fingerprint density at radius 3 is 3.05 bits per heavy atom. The summed E-state index contributed by atoms with van der Waals surface area (Å²) in [5, 5.41) is 10.1. The van der Waals surface area contributed by atoms with Crippen LogP contribution in [0, 0.1) is 11.3 Å². The molecule has 22 heavy (non-hydrogen) atoms. The fraction of sp³-hybridized carbons (Fsp3) is 0.562. The molecule has 6 heteroatoms. The number of hydrogen-bond acceptors (Lipinski definition) is 4. The van der Waals surface area contributed by atoms with Crippen LogP contribution in [-0.2, 0) is 17.8 Å². The lowest BCUT2D eigenvalue weighted by Gasteiger charge is -2.55. The Hall–Kier alpha value is -1.69. The van der Waals surface area contributed by atoms with Crippen molar-refractivity contribution in [2.24, 2.45) is 11.3 Å². The van der Waals surface area contributed by atoms with Crippen molar-refractivity contribution < 1.29 is 4.79 Å². The van der Waals surface area contributed by atoms with Gasteiger partial charge in [-0.3, -0.25) is 4.79 Å². The molecule has 0 spiro atoms. The zero-order valence-corrected chi connectivity index (χ0v) is 13.7. The number of aryl methyl sites for hydroxylation is 1. The lowest BCUT2D eigenvalue weighted by Crippen LogP contribution is -2.59. The van der Waals surface area contributed by atoms with Gasteiger partial charge in [0.25, 0.3) is 0 Å². The highest BCUT2D eigenvalue weighted by Crippen LogP contribution is 2.50. The number of carbonyl (C=O) groups excluding carboxylic acids is 1. The van der Waals surface area contributed by atoms with Gasteiger partial charge in [-0.1, -0.05) is 19.9 Å². The molecule has 2 aliphatic heterocycles. The molecule has 0 N–H and O–H groups in total. The molecule has 116 valence electrons. The minimum atomic E-state index is 0.0575. The normalized spacial score (nSPS) is 26.4. The summed E-state index contributed by atoms with van der Waals surface area (Å²) in [5.41, 5.74) is 0.164. The summed E-state index contributed by atoms with van der Waals surface area (Å²) in [6, 6.07) is 4.44. The molecule has 1 fully saturated rings. The fourth-order valence-electron chi connectivity index (χ4n) is 3.81. The first-order chi connectivity index (χ1) is 10.6. The molecule has 1 amide bonds. The summed E-state index contributed by atoms with van der Waals surface area (Å²) in [6.07, 6.45) is 3.47. The number of likely N-dealkylation sites (tertiary alicyclic amines) is 1. The predicted molar refractivity (Wildman–Crippen MR) is 84.4 cm³/mol. The molecule has 2 aromatic rings. The Balaban J connectivity index is 1.54. The first-order valence-electron chi connectivity index (χ1n) is 7.77. The monoisotopic (exact) mass is 316 g/mol. The van der Waals surface area contributed by atoms with Gasteiger partial charge >= 0.3 is 0 Å². The Bertz CT molecular complexity index is 691. The van der Waals surface area contributed by atoms with Gasteiger partial charge < -0.3 is 9.47 Å². The number of amides is 1. The van der Waals surface area contributed by atoms with Gasteiger partial charge in [0.15, 0.2) is 0 Å². The summed E-state index contributed by atoms with van der Waals surface area (Å²) in [4.78, 5) is 16.4. The molecule has 0 radical (unpaired) electrons. The van der Waals surface area contributed by atoms with Crippen LogP contribution in [0.1, 0.15) is 37.0 Å². The molecule has 1 saturated heterocycles. The third-order valence-corrected chi connectivity index (χ3v) is 5.83. The molecule has 0 aliphatic carbocycles. The third-order valence-electron chi connectivity index (χ3n) is 4.90. The third kappa shape index (κ3) is 2.08. The minimum absolute atomic E-state index is 0.0575. The zero-order chi connectivity index (χ0) is 15.3. The first kappa shape index (κ1) is 13.9. The summed E-state index contributed by atoms with van der Waals surface area (Å²) >= 11 is 1.75. The lowest BCUT2D eigenvalue weighted by molar-refractivity contribution is -0.157. The molecule has 4 heterocycles. The molecule has 2 aromatic heterocycles. The number of rotatable bonds is 2. The standard InChI is InChI=1S/C16H20N4OS/c1-16(2)9-20(14(16)12-4-3-7-22-12)15(21)11-5-6-13-18-17-10-19(13)8-11/h3-4,7,10-11,14H,5-6,8-9H2,1-2H3. The predicted octanol–water partition coefficient (Wildman–Crippen LogP) is 2.51. The highest BCUT2D eigenvalue weighted by molar-refractivity contribution is 7.10. The SMILES string of the molecule is CC1(C)CN(C(=O)C2CCc3nncn3C2)C1c1cccs1. The second kappa shape index (κ2) is 4.91. The molecular formula is C16H20N4OS. The van der Waals surface area contributed by atoms with E-state index in [-0.39, 0.29) is 23.3 Å². The van der Waals surface area contributed by atoms with E-state index in [1.54, 1.807) is 17.7 Å².